The van der Waals surface area contributed by atoms with Crippen LogP contribution in [0.4, 0.5) is 11.4 Å². The Morgan fingerprint density at radius 3 is 0.418 bits per heavy atom. The van der Waals surface area contributed by atoms with Gasteiger partial charge < -0.3 is 10.6 Å². The van der Waals surface area contributed by atoms with Crippen LogP contribution in [0.25, 0.3) is 178 Å². The molecule has 2 nitrogen and oxygen atoms in total. The van der Waals surface area contributed by atoms with Crippen molar-refractivity contribution in [3.05, 3.63) is 445 Å². The first kappa shape index (κ1) is 102. The van der Waals surface area contributed by atoms with E-state index in [1.165, 1.54) is 66.8 Å². The lowest BCUT2D eigenvalue weighted by molar-refractivity contribution is 0.590. The van der Waals surface area contributed by atoms with Gasteiger partial charge in [0.15, 0.2) is 0 Å². The average molecular weight is 1940 g/mol. The molecule has 0 heterocycles. The Balaban J connectivity index is 0.866. The van der Waals surface area contributed by atoms with Crippen LogP contribution in [-0.2, 0) is 43.3 Å². The van der Waals surface area contributed by atoms with Gasteiger partial charge >= 0.3 is 0 Å². The molecule has 0 amide bonds. The van der Waals surface area contributed by atoms with Crippen LogP contribution < -0.4 is 10.6 Å². The molecule has 0 fully saturated rings. The molecule has 0 bridgehead atoms. The minimum absolute atomic E-state index is 0.0166. The fourth-order valence-electron chi connectivity index (χ4n) is 20.1. The molecular weight excluding hydrogens is 1800 g/mol. The maximum absolute atomic E-state index is 7.15. The zero-order chi connectivity index (χ0) is 103. The SMILES string of the molecule is CC(C)(C)c1ccc(-c2ccc(-c3cc(-c4ccccc4)cc(-c4ccc(-c5ccc(C(C)(C)C)cc5)cc4)c3-c3cc(-c4ccc(C(C)(C)C)cc4)c(NC(=S)C(=S)Nc4c(-c5ccc(C(C)(C)C)cc5)cc(-c5c(-c6ccc(-c7ccc(C(C)(C)C)cc7)cc6)cc(-c6ccccc6)cc5-c5ccc(-c6ccc(C(C)(C)C)cc6)cc5)cc4-c4ccc(C(C)(C)C)cc4)c(-c4ccc(C(C)(C)C)cc4)c3)cc2)cc1. The summed E-state index contributed by atoms with van der Waals surface area (Å²) in [5, 5.41) is 8.20. The van der Waals surface area contributed by atoms with Gasteiger partial charge in [0.25, 0.3) is 0 Å². The van der Waals surface area contributed by atoms with Crippen molar-refractivity contribution in [2.45, 2.75) is 209 Å². The predicted octanol–water partition coefficient (Wildman–Crippen LogP) is 40.9. The van der Waals surface area contributed by atoms with Crippen molar-refractivity contribution in [1.29, 1.82) is 0 Å². The highest BCUT2D eigenvalue weighted by Gasteiger charge is 2.31. The third-order valence-electron chi connectivity index (χ3n) is 29.4. The molecule has 146 heavy (non-hydrogen) atoms. The van der Waals surface area contributed by atoms with Gasteiger partial charge in [0.2, 0.25) is 0 Å². The predicted molar refractivity (Wildman–Crippen MR) is 642 cm³/mol. The average Bonchev–Trinajstić information content (AvgIpc) is 0.743. The van der Waals surface area contributed by atoms with E-state index < -0.39 is 0 Å². The lowest BCUT2D eigenvalue weighted by Crippen LogP contribution is -2.27. The molecule has 0 radical (unpaired) electrons. The largest absolute Gasteiger partial charge is 0.343 e. The molecule has 0 unspecified atom stereocenters. The molecule has 0 spiro atoms. The summed E-state index contributed by atoms with van der Waals surface area (Å²) in [7, 11) is 0. The van der Waals surface area contributed by atoms with Crippen molar-refractivity contribution in [3.63, 3.8) is 0 Å². The maximum atomic E-state index is 7.15. The van der Waals surface area contributed by atoms with Crippen molar-refractivity contribution >= 4 is 45.8 Å². The summed E-state index contributed by atoms with van der Waals surface area (Å²) >= 11 is 14.3. The van der Waals surface area contributed by atoms with E-state index >= 15 is 0 Å². The minimum Gasteiger partial charge on any atom is -0.343 e. The molecule has 18 aromatic rings. The molecule has 18 aromatic carbocycles. The smallest absolute Gasteiger partial charge is 0.138 e. The van der Waals surface area contributed by atoms with Gasteiger partial charge in [-0.1, -0.05) is 542 Å². The Morgan fingerprint density at radius 2 is 0.260 bits per heavy atom. The zero-order valence-corrected chi connectivity index (χ0v) is 91.6. The van der Waals surface area contributed by atoms with Crippen LogP contribution >= 0.6 is 24.4 Å². The molecule has 18 rings (SSSR count). The number of rotatable bonds is 18. The molecule has 0 aliphatic rings. The van der Waals surface area contributed by atoms with Crippen LogP contribution in [0.2, 0.25) is 0 Å². The molecule has 2 N–H and O–H groups in total. The Hall–Kier alpha value is -14.3. The standard InChI is InChI=1S/C142H140N2S2/c1-135(2,3)113-67-51-97(52-68-113)93-35-43-101(44-36-93)121-83-109(91-31-27-25-28-32-91)84-122(102-45-37-94(38-46-102)98-53-69-114(70-54-98)136(4,5)6)129(121)111-87-125(105-59-75-117(76-60-105)139(13,14)15)131(126(88-111)106-61-77-118(78-62-106)140(16,17)18)143-133(145)134(146)144-132-127(107-63-79-119(80-64-107)141(19,20)21)89-112(90-128(132)108-65-81-120(82-66-108)142(22,23)24)130-123(103-47-39-95(40-48-103)99-55-71-115(72-56-99)137(7,8)9)85-110(92-33-29-26-30-34-92)86-124(130)104-49-41-96(42-50-104)100-57-73-116(74-58-100)138(10,11)12/h25-90H,1-24H3,(H,143,145)(H,144,146). The molecule has 0 saturated heterocycles. The van der Waals surface area contributed by atoms with E-state index in [4.69, 9.17) is 24.4 Å². The van der Waals surface area contributed by atoms with Crippen molar-refractivity contribution in [3.8, 4) is 178 Å². The van der Waals surface area contributed by atoms with Gasteiger partial charge in [-0.05, 0) is 292 Å². The second kappa shape index (κ2) is 40.3. The van der Waals surface area contributed by atoms with Crippen molar-refractivity contribution in [2.75, 3.05) is 10.6 Å². The highest BCUT2D eigenvalue weighted by atomic mass is 32.1. The van der Waals surface area contributed by atoms with Crippen LogP contribution in [0.1, 0.15) is 211 Å². The number of hydrogen-bond acceptors (Lipinski definition) is 2. The van der Waals surface area contributed by atoms with Crippen molar-refractivity contribution < 1.29 is 0 Å². The summed E-state index contributed by atoms with van der Waals surface area (Å²) in [6.45, 7) is 54.8. The first-order chi connectivity index (χ1) is 69.2. The summed E-state index contributed by atoms with van der Waals surface area (Å²) in [6.07, 6.45) is 0. The number of hydrogen-bond donors (Lipinski definition) is 2. The molecule has 4 heteroatoms. The van der Waals surface area contributed by atoms with E-state index in [2.05, 4.69) is 577 Å². The third kappa shape index (κ3) is 22.4. The zero-order valence-electron chi connectivity index (χ0n) is 89.9. The third-order valence-corrected chi connectivity index (χ3v) is 30.1. The Bertz CT molecular complexity index is 6910. The van der Waals surface area contributed by atoms with Gasteiger partial charge in [-0.3, -0.25) is 0 Å². The summed E-state index contributed by atoms with van der Waals surface area (Å²) < 4.78 is 0. The monoisotopic (exact) mass is 1940 g/mol. The normalized spacial score (nSPS) is 12.3. The quantitative estimate of drug-likeness (QED) is 0.0836. The molecule has 0 aliphatic heterocycles. The highest BCUT2D eigenvalue weighted by Crippen LogP contribution is 2.54. The van der Waals surface area contributed by atoms with Crippen LogP contribution in [0.5, 0.6) is 0 Å². The first-order valence-corrected chi connectivity index (χ1v) is 52.8. The number of benzene rings is 18. The lowest BCUT2D eigenvalue weighted by atomic mass is 9.81. The Labute approximate surface area is 882 Å². The van der Waals surface area contributed by atoms with Crippen LogP contribution in [0.3, 0.4) is 0 Å². The summed E-state index contributed by atoms with van der Waals surface area (Å²) in [4.78, 5) is 0.719. The fraction of sp³-hybridized carbons (Fsp3) is 0.225. The highest BCUT2D eigenvalue weighted by molar-refractivity contribution is 7.89. The molecule has 0 atom stereocenters. The van der Waals surface area contributed by atoms with E-state index in [0.29, 0.717) is 9.98 Å². The summed E-state index contributed by atoms with van der Waals surface area (Å²) in [5.74, 6) is 0. The Kier molecular flexibility index (Phi) is 28.1. The van der Waals surface area contributed by atoms with Gasteiger partial charge in [0.05, 0.1) is 11.4 Å². The van der Waals surface area contributed by atoms with Crippen LogP contribution in [0, 0.1) is 0 Å². The van der Waals surface area contributed by atoms with Crippen LogP contribution in [-0.4, -0.2) is 9.98 Å². The molecular formula is C142H140N2S2. The van der Waals surface area contributed by atoms with Crippen molar-refractivity contribution in [2.24, 2.45) is 0 Å². The number of anilines is 2. The molecule has 0 saturated carbocycles. The minimum atomic E-state index is -0.141. The summed E-state index contributed by atoms with van der Waals surface area (Å²) in [5.41, 5.74) is 45.9. The molecule has 0 aromatic heterocycles. The molecule has 730 valence electrons. The van der Waals surface area contributed by atoms with E-state index in [1.54, 1.807) is 0 Å². The van der Waals surface area contributed by atoms with Gasteiger partial charge in [0, 0.05) is 22.3 Å². The van der Waals surface area contributed by atoms with Gasteiger partial charge in [0.1, 0.15) is 9.98 Å². The lowest BCUT2D eigenvalue weighted by Gasteiger charge is -2.26. The van der Waals surface area contributed by atoms with E-state index in [9.17, 15) is 0 Å². The number of nitrogens with one attached hydrogen (secondary N) is 2. The summed E-state index contributed by atoms with van der Waals surface area (Å²) in [6, 6.07) is 152. The van der Waals surface area contributed by atoms with Crippen LogP contribution in [0.15, 0.2) is 400 Å². The maximum Gasteiger partial charge on any atom is 0.138 e. The van der Waals surface area contributed by atoms with Gasteiger partial charge in [-0.15, -0.1) is 0 Å². The fourth-order valence-corrected chi connectivity index (χ4v) is 20.4. The second-order valence-electron chi connectivity index (χ2n) is 48.4. The number of thiocarbonyl (C=S) groups is 2. The van der Waals surface area contributed by atoms with E-state index in [0.717, 1.165) is 167 Å². The van der Waals surface area contributed by atoms with Gasteiger partial charge in [-0.2, -0.15) is 0 Å². The molecule has 0 aliphatic carbocycles. The second-order valence-corrected chi connectivity index (χ2v) is 49.2. The van der Waals surface area contributed by atoms with E-state index in [1.807, 2.05) is 0 Å². The first-order valence-electron chi connectivity index (χ1n) is 52.0. The van der Waals surface area contributed by atoms with E-state index in [-0.39, 0.29) is 43.3 Å². The van der Waals surface area contributed by atoms with Crippen molar-refractivity contribution in [1.82, 2.24) is 0 Å². The topological polar surface area (TPSA) is 24.1 Å². The Morgan fingerprint density at radius 1 is 0.137 bits per heavy atom. The van der Waals surface area contributed by atoms with Gasteiger partial charge in [-0.25, -0.2) is 0 Å².